The van der Waals surface area contributed by atoms with Crippen LogP contribution >= 0.6 is 0 Å². The van der Waals surface area contributed by atoms with Gasteiger partial charge in [0.25, 0.3) is 0 Å². The monoisotopic (exact) mass is 320 g/mol. The predicted octanol–water partition coefficient (Wildman–Crippen LogP) is 0.652. The Kier molecular flexibility index (Phi) is 5.63. The third-order valence-electron chi connectivity index (χ3n) is 3.96. The Morgan fingerprint density at radius 1 is 1.52 bits per heavy atom. The van der Waals surface area contributed by atoms with Gasteiger partial charge in [-0.05, 0) is 25.8 Å². The highest BCUT2D eigenvalue weighted by atomic mass is 16.2. The first-order chi connectivity index (χ1) is 10.9. The van der Waals surface area contributed by atoms with Crippen molar-refractivity contribution in [2.75, 3.05) is 33.7 Å². The molecular formula is C16H28N6O. The molecule has 0 saturated carbocycles. The normalized spacial score (nSPS) is 18.6. The van der Waals surface area contributed by atoms with Crippen molar-refractivity contribution in [1.29, 1.82) is 0 Å². The number of aromatic nitrogens is 2. The van der Waals surface area contributed by atoms with Crippen LogP contribution in [0.4, 0.5) is 0 Å². The summed E-state index contributed by atoms with van der Waals surface area (Å²) in [5.74, 6) is 1.30. The molecule has 1 aromatic rings. The molecule has 1 atom stereocenters. The first-order valence-corrected chi connectivity index (χ1v) is 8.11. The lowest BCUT2D eigenvalue weighted by molar-refractivity contribution is -0.127. The first kappa shape index (κ1) is 17.3. The fourth-order valence-corrected chi connectivity index (χ4v) is 2.65. The fraction of sp³-hybridized carbons (Fsp3) is 0.688. The molecule has 1 aliphatic heterocycles. The maximum absolute atomic E-state index is 11.8. The number of nitrogens with one attached hydrogen (secondary N) is 1. The molecule has 0 bridgehead atoms. The predicted molar refractivity (Wildman–Crippen MR) is 91.4 cm³/mol. The van der Waals surface area contributed by atoms with Crippen LogP contribution in [0, 0.1) is 0 Å². The van der Waals surface area contributed by atoms with Crippen LogP contribution in [0.3, 0.4) is 0 Å². The minimum Gasteiger partial charge on any atom is -0.354 e. The van der Waals surface area contributed by atoms with Gasteiger partial charge in [-0.25, -0.2) is 4.99 Å². The number of aliphatic imine (C=N–C) groups is 1. The number of carbonyl (C=O) groups is 1. The zero-order valence-corrected chi connectivity index (χ0v) is 14.8. The van der Waals surface area contributed by atoms with Gasteiger partial charge in [-0.3, -0.25) is 9.48 Å². The van der Waals surface area contributed by atoms with E-state index in [2.05, 4.69) is 40.4 Å². The number of rotatable bonds is 4. The third-order valence-corrected chi connectivity index (χ3v) is 3.96. The highest BCUT2D eigenvalue weighted by Crippen LogP contribution is 2.26. The van der Waals surface area contributed by atoms with Crippen molar-refractivity contribution < 1.29 is 4.79 Å². The van der Waals surface area contributed by atoms with E-state index >= 15 is 0 Å². The van der Waals surface area contributed by atoms with Gasteiger partial charge < -0.3 is 15.1 Å². The van der Waals surface area contributed by atoms with Gasteiger partial charge in [0.1, 0.15) is 6.54 Å². The minimum atomic E-state index is 0.0102. The third kappa shape index (κ3) is 4.71. The van der Waals surface area contributed by atoms with Crippen molar-refractivity contribution in [2.45, 2.75) is 32.2 Å². The number of nitrogens with zero attached hydrogens (tertiary/aromatic N) is 5. The van der Waals surface area contributed by atoms with Crippen LogP contribution < -0.4 is 5.32 Å². The van der Waals surface area contributed by atoms with Gasteiger partial charge in [0.15, 0.2) is 5.96 Å². The second-order valence-corrected chi connectivity index (χ2v) is 6.61. The van der Waals surface area contributed by atoms with E-state index in [4.69, 9.17) is 0 Å². The number of amides is 1. The van der Waals surface area contributed by atoms with Gasteiger partial charge in [0, 0.05) is 52.4 Å². The largest absolute Gasteiger partial charge is 0.354 e. The molecule has 23 heavy (non-hydrogen) atoms. The minimum absolute atomic E-state index is 0.0102. The molecular weight excluding hydrogens is 292 g/mol. The summed E-state index contributed by atoms with van der Waals surface area (Å²) in [5, 5.41) is 7.64. The van der Waals surface area contributed by atoms with Crippen LogP contribution in [-0.4, -0.2) is 71.2 Å². The molecule has 1 saturated heterocycles. The molecule has 2 heterocycles. The summed E-state index contributed by atoms with van der Waals surface area (Å²) in [6.07, 6.45) is 5.10. The van der Waals surface area contributed by atoms with Crippen molar-refractivity contribution >= 4 is 11.9 Å². The number of aryl methyl sites for hydroxylation is 1. The molecule has 128 valence electrons. The van der Waals surface area contributed by atoms with E-state index in [-0.39, 0.29) is 18.5 Å². The zero-order chi connectivity index (χ0) is 17.0. The summed E-state index contributed by atoms with van der Waals surface area (Å²) in [6, 6.07) is 0.278. The molecule has 1 unspecified atom stereocenters. The molecule has 0 radical (unpaired) electrons. The van der Waals surface area contributed by atoms with E-state index in [1.807, 2.05) is 17.9 Å². The molecule has 1 amide bonds. The molecule has 1 fully saturated rings. The van der Waals surface area contributed by atoms with Crippen molar-refractivity contribution in [2.24, 2.45) is 12.0 Å². The number of likely N-dealkylation sites (tertiary alicyclic amines) is 1. The van der Waals surface area contributed by atoms with Crippen molar-refractivity contribution in [1.82, 2.24) is 24.9 Å². The van der Waals surface area contributed by atoms with Gasteiger partial charge >= 0.3 is 0 Å². The molecule has 0 aromatic carbocycles. The maximum atomic E-state index is 11.8. The highest BCUT2D eigenvalue weighted by molar-refractivity contribution is 5.85. The zero-order valence-electron chi connectivity index (χ0n) is 14.8. The van der Waals surface area contributed by atoms with Crippen molar-refractivity contribution in [3.63, 3.8) is 0 Å². The van der Waals surface area contributed by atoms with Gasteiger partial charge in [-0.2, -0.15) is 5.10 Å². The Bertz CT molecular complexity index is 563. The SMILES string of the molecule is CC(C)NC(=NCC(=O)N(C)C)N1CCC(c2cnn(C)c2)C1. The summed E-state index contributed by atoms with van der Waals surface area (Å²) < 4.78 is 1.84. The van der Waals surface area contributed by atoms with Crippen LogP contribution in [-0.2, 0) is 11.8 Å². The lowest BCUT2D eigenvalue weighted by atomic mass is 10.0. The van der Waals surface area contributed by atoms with Crippen LogP contribution in [0.5, 0.6) is 0 Å². The van der Waals surface area contributed by atoms with E-state index in [1.54, 1.807) is 19.0 Å². The Labute approximate surface area is 138 Å². The maximum Gasteiger partial charge on any atom is 0.243 e. The second kappa shape index (κ2) is 7.48. The second-order valence-electron chi connectivity index (χ2n) is 6.61. The van der Waals surface area contributed by atoms with E-state index in [9.17, 15) is 4.79 Å². The van der Waals surface area contributed by atoms with Crippen LogP contribution in [0.2, 0.25) is 0 Å². The topological polar surface area (TPSA) is 65.8 Å². The molecule has 1 aliphatic rings. The quantitative estimate of drug-likeness (QED) is 0.653. The van der Waals surface area contributed by atoms with Crippen LogP contribution in [0.25, 0.3) is 0 Å². The van der Waals surface area contributed by atoms with Crippen LogP contribution in [0.1, 0.15) is 31.7 Å². The van der Waals surface area contributed by atoms with Gasteiger partial charge in [-0.1, -0.05) is 0 Å². The Balaban J connectivity index is 2.04. The molecule has 7 heteroatoms. The Morgan fingerprint density at radius 2 is 2.26 bits per heavy atom. The Hall–Kier alpha value is -2.05. The number of carbonyl (C=O) groups excluding carboxylic acids is 1. The lowest BCUT2D eigenvalue weighted by Crippen LogP contribution is -2.43. The summed E-state index contributed by atoms with van der Waals surface area (Å²) in [7, 11) is 5.44. The van der Waals surface area contributed by atoms with Gasteiger partial charge in [0.05, 0.1) is 6.20 Å². The van der Waals surface area contributed by atoms with E-state index < -0.39 is 0 Å². The van der Waals surface area contributed by atoms with Crippen molar-refractivity contribution in [3.8, 4) is 0 Å². The van der Waals surface area contributed by atoms with E-state index in [1.165, 1.54) is 5.56 Å². The van der Waals surface area contributed by atoms with E-state index in [0.717, 1.165) is 25.5 Å². The first-order valence-electron chi connectivity index (χ1n) is 8.11. The summed E-state index contributed by atoms with van der Waals surface area (Å²) in [6.45, 7) is 6.18. The number of likely N-dealkylation sites (N-methyl/N-ethyl adjacent to an activating group) is 1. The number of guanidine groups is 1. The van der Waals surface area contributed by atoms with Gasteiger partial charge in [-0.15, -0.1) is 0 Å². The number of hydrogen-bond acceptors (Lipinski definition) is 3. The van der Waals surface area contributed by atoms with Crippen LogP contribution in [0.15, 0.2) is 17.4 Å². The van der Waals surface area contributed by atoms with E-state index in [0.29, 0.717) is 5.92 Å². The van der Waals surface area contributed by atoms with Crippen molar-refractivity contribution in [3.05, 3.63) is 18.0 Å². The highest BCUT2D eigenvalue weighted by Gasteiger charge is 2.27. The summed E-state index contributed by atoms with van der Waals surface area (Å²) in [5.41, 5.74) is 1.27. The molecule has 0 spiro atoms. The summed E-state index contributed by atoms with van der Waals surface area (Å²) >= 11 is 0. The fourth-order valence-electron chi connectivity index (χ4n) is 2.65. The summed E-state index contributed by atoms with van der Waals surface area (Å²) in [4.78, 5) is 20.1. The molecule has 1 N–H and O–H groups in total. The molecule has 1 aromatic heterocycles. The smallest absolute Gasteiger partial charge is 0.243 e. The molecule has 0 aliphatic carbocycles. The average Bonchev–Trinajstić information content (AvgIpc) is 3.11. The average molecular weight is 320 g/mol. The number of hydrogen-bond donors (Lipinski definition) is 1. The Morgan fingerprint density at radius 3 is 2.83 bits per heavy atom. The lowest BCUT2D eigenvalue weighted by Gasteiger charge is -2.24. The standard InChI is InChI=1S/C16H28N6O/c1-12(2)19-16(17-9-15(23)20(3)4)22-7-6-13(11-22)14-8-18-21(5)10-14/h8,10,12-13H,6-7,9,11H2,1-5H3,(H,17,19). The molecule has 7 nitrogen and oxygen atoms in total. The molecule has 2 rings (SSSR count). The van der Waals surface area contributed by atoms with Gasteiger partial charge in [0.2, 0.25) is 5.91 Å².